The highest BCUT2D eigenvalue weighted by Gasteiger charge is 2.52. The first-order valence-electron chi connectivity index (χ1n) is 9.48. The number of carbonyl (C=O) groups excluding carboxylic acids is 2. The predicted molar refractivity (Wildman–Crippen MR) is 113 cm³/mol. The van der Waals surface area contributed by atoms with Crippen LogP contribution in [0.1, 0.15) is 17.3 Å². The molecule has 2 aromatic carbocycles. The summed E-state index contributed by atoms with van der Waals surface area (Å²) in [7, 11) is 0. The molecular weight excluding hydrogens is 438 g/mol. The molecule has 1 saturated heterocycles. The highest BCUT2D eigenvalue weighted by molar-refractivity contribution is 7.99. The summed E-state index contributed by atoms with van der Waals surface area (Å²) in [5.74, 6) is -2.95. The van der Waals surface area contributed by atoms with Crippen LogP contribution < -0.4 is 0 Å². The van der Waals surface area contributed by atoms with Gasteiger partial charge in [-0.25, -0.2) is 9.59 Å². The monoisotopic (exact) mass is 457 g/mol. The lowest BCUT2D eigenvalue weighted by Crippen LogP contribution is -2.60. The van der Waals surface area contributed by atoms with Gasteiger partial charge >= 0.3 is 17.9 Å². The van der Waals surface area contributed by atoms with E-state index in [1.165, 1.54) is 12.1 Å². The van der Waals surface area contributed by atoms with Gasteiger partial charge in [0.2, 0.25) is 0 Å². The summed E-state index contributed by atoms with van der Waals surface area (Å²) in [6.45, 7) is 1.16. The smallest absolute Gasteiger partial charge is 0.338 e. The lowest BCUT2D eigenvalue weighted by atomic mass is 9.97. The van der Waals surface area contributed by atoms with E-state index in [0.29, 0.717) is 4.90 Å². The first-order chi connectivity index (χ1) is 15.4. The molecule has 32 heavy (non-hydrogen) atoms. The van der Waals surface area contributed by atoms with Crippen LogP contribution in [0.15, 0.2) is 70.7 Å². The number of hydrogen-bond donors (Lipinski definition) is 1. The Kier molecular flexibility index (Phi) is 7.72. The summed E-state index contributed by atoms with van der Waals surface area (Å²) >= 11 is 1.10. The minimum atomic E-state index is -1.66. The molecule has 0 unspecified atom stereocenters. The van der Waals surface area contributed by atoms with Crippen molar-refractivity contribution in [2.24, 2.45) is 5.11 Å². The maximum atomic E-state index is 12.6. The van der Waals surface area contributed by atoms with Crippen molar-refractivity contribution in [3.8, 4) is 0 Å². The van der Waals surface area contributed by atoms with Crippen LogP contribution in [-0.2, 0) is 23.8 Å². The normalized spacial score (nSPS) is 24.6. The Morgan fingerprint density at radius 1 is 1.03 bits per heavy atom. The number of aliphatic carboxylic acids is 1. The van der Waals surface area contributed by atoms with Crippen molar-refractivity contribution in [2.75, 3.05) is 0 Å². The average Bonchev–Trinajstić information content (AvgIpc) is 2.78. The molecule has 1 N–H and O–H groups in total. The Morgan fingerprint density at radius 3 is 2.22 bits per heavy atom. The molecule has 0 bridgehead atoms. The molecule has 1 aliphatic rings. The van der Waals surface area contributed by atoms with Gasteiger partial charge in [0.15, 0.2) is 12.2 Å². The Hall–Kier alpha value is -3.53. The van der Waals surface area contributed by atoms with E-state index in [1.807, 2.05) is 0 Å². The topological polar surface area (TPSA) is 148 Å². The van der Waals surface area contributed by atoms with Crippen LogP contribution in [-0.4, -0.2) is 52.8 Å². The van der Waals surface area contributed by atoms with Crippen molar-refractivity contribution < 1.29 is 33.7 Å². The summed E-state index contributed by atoms with van der Waals surface area (Å²) in [6.07, 6.45) is -4.41. The number of benzene rings is 2. The molecule has 0 aromatic heterocycles. The molecule has 2 aromatic rings. The van der Waals surface area contributed by atoms with Crippen LogP contribution in [0.5, 0.6) is 0 Å². The standard InChI is InChI=1S/C21H19N3O7S/c1-12(25)29-17-15(23-24-22)16(30-20(28)13-8-4-2-5-9-13)18(19(26)27)31-21(17)32-14-10-6-3-7-11-14/h2-11,15-18,21H,1H3,(H,26,27)/t15-,16-,17+,18-,21-/m0/s1. The van der Waals surface area contributed by atoms with Gasteiger partial charge in [-0.1, -0.05) is 53.3 Å². The third kappa shape index (κ3) is 5.58. The van der Waals surface area contributed by atoms with E-state index in [9.17, 15) is 19.5 Å². The predicted octanol–water partition coefficient (Wildman–Crippen LogP) is 3.42. The Labute approximate surface area is 187 Å². The second-order valence-corrected chi connectivity index (χ2v) is 7.87. The van der Waals surface area contributed by atoms with Gasteiger partial charge in [0.1, 0.15) is 17.6 Å². The molecule has 0 radical (unpaired) electrons. The summed E-state index contributed by atoms with van der Waals surface area (Å²) in [6, 6.07) is 15.4. The van der Waals surface area contributed by atoms with Crippen LogP contribution >= 0.6 is 11.8 Å². The molecule has 1 aliphatic heterocycles. The number of esters is 2. The maximum absolute atomic E-state index is 12.6. The van der Waals surface area contributed by atoms with E-state index in [4.69, 9.17) is 19.7 Å². The zero-order valence-electron chi connectivity index (χ0n) is 16.8. The molecule has 3 rings (SSSR count). The zero-order valence-corrected chi connectivity index (χ0v) is 17.6. The average molecular weight is 457 g/mol. The summed E-state index contributed by atoms with van der Waals surface area (Å²) in [4.78, 5) is 39.9. The van der Waals surface area contributed by atoms with Crippen molar-refractivity contribution in [2.45, 2.75) is 41.6 Å². The van der Waals surface area contributed by atoms with E-state index in [-0.39, 0.29) is 5.56 Å². The van der Waals surface area contributed by atoms with E-state index in [2.05, 4.69) is 10.0 Å². The first-order valence-corrected chi connectivity index (χ1v) is 10.4. The van der Waals surface area contributed by atoms with Crippen molar-refractivity contribution in [1.29, 1.82) is 0 Å². The molecule has 11 heteroatoms. The Morgan fingerprint density at radius 2 is 1.66 bits per heavy atom. The van der Waals surface area contributed by atoms with Gasteiger partial charge in [0.05, 0.1) is 5.56 Å². The summed E-state index contributed by atoms with van der Waals surface area (Å²) in [5, 5.41) is 13.4. The summed E-state index contributed by atoms with van der Waals surface area (Å²) < 4.78 is 16.5. The maximum Gasteiger partial charge on any atom is 0.338 e. The Bertz CT molecular complexity index is 1010. The highest BCUT2D eigenvalue weighted by Crippen LogP contribution is 2.37. The third-order valence-electron chi connectivity index (χ3n) is 4.50. The SMILES string of the molecule is CC(=O)O[C@@H]1[C@@H](N=[N+]=[N-])[C@H](OC(=O)c2ccccc2)[C@@H](C(=O)O)O[C@H]1Sc1ccccc1. The van der Waals surface area contributed by atoms with Crippen molar-refractivity contribution in [3.05, 3.63) is 76.7 Å². The number of nitrogens with zero attached hydrogens (tertiary/aromatic N) is 3. The quantitative estimate of drug-likeness (QED) is 0.288. The molecule has 0 spiro atoms. The second-order valence-electron chi connectivity index (χ2n) is 6.70. The van der Waals surface area contributed by atoms with E-state index in [0.717, 1.165) is 18.7 Å². The van der Waals surface area contributed by atoms with Crippen LogP contribution in [0.3, 0.4) is 0 Å². The third-order valence-corrected chi connectivity index (χ3v) is 5.66. The number of rotatable bonds is 7. The second kappa shape index (κ2) is 10.7. The van der Waals surface area contributed by atoms with Gasteiger partial charge in [-0.15, -0.1) is 0 Å². The van der Waals surface area contributed by atoms with E-state index < -0.39 is 47.7 Å². The highest BCUT2D eigenvalue weighted by atomic mass is 32.2. The summed E-state index contributed by atoms with van der Waals surface area (Å²) in [5.41, 5.74) is 8.25. The van der Waals surface area contributed by atoms with Crippen molar-refractivity contribution >= 4 is 29.7 Å². The van der Waals surface area contributed by atoms with E-state index >= 15 is 0 Å². The molecular formula is C21H19N3O7S. The molecule has 5 atom stereocenters. The minimum Gasteiger partial charge on any atom is -0.479 e. The Balaban J connectivity index is 1.97. The lowest BCUT2D eigenvalue weighted by Gasteiger charge is -2.42. The number of carbonyl (C=O) groups is 3. The fraction of sp³-hybridized carbons (Fsp3) is 0.286. The van der Waals surface area contributed by atoms with Gasteiger partial charge in [-0.05, 0) is 29.8 Å². The van der Waals surface area contributed by atoms with Gasteiger partial charge in [0, 0.05) is 16.7 Å². The molecule has 1 fully saturated rings. The molecule has 1 heterocycles. The number of carboxylic acids is 1. The number of hydrogen-bond acceptors (Lipinski definition) is 8. The zero-order chi connectivity index (χ0) is 23.1. The molecule has 0 amide bonds. The molecule has 166 valence electrons. The number of azide groups is 1. The van der Waals surface area contributed by atoms with Crippen LogP contribution in [0.25, 0.3) is 10.4 Å². The van der Waals surface area contributed by atoms with Gasteiger partial charge in [-0.2, -0.15) is 0 Å². The van der Waals surface area contributed by atoms with Crippen LogP contribution in [0.2, 0.25) is 0 Å². The lowest BCUT2D eigenvalue weighted by molar-refractivity contribution is -0.192. The van der Waals surface area contributed by atoms with Gasteiger partial charge in [-0.3, -0.25) is 4.79 Å². The van der Waals surface area contributed by atoms with E-state index in [1.54, 1.807) is 48.5 Å². The minimum absolute atomic E-state index is 0.168. The fourth-order valence-electron chi connectivity index (χ4n) is 3.16. The molecule has 10 nitrogen and oxygen atoms in total. The van der Waals surface area contributed by atoms with Crippen molar-refractivity contribution in [1.82, 2.24) is 0 Å². The van der Waals surface area contributed by atoms with Crippen molar-refractivity contribution in [3.63, 3.8) is 0 Å². The number of carboxylic acid groups (broad SMARTS) is 1. The van der Waals surface area contributed by atoms with Gasteiger partial charge in [0.25, 0.3) is 0 Å². The first kappa shape index (κ1) is 23.1. The van der Waals surface area contributed by atoms with Gasteiger partial charge < -0.3 is 19.3 Å². The molecule has 0 aliphatic carbocycles. The fourth-order valence-corrected chi connectivity index (χ4v) is 4.27. The van der Waals surface area contributed by atoms with Crippen LogP contribution in [0, 0.1) is 0 Å². The van der Waals surface area contributed by atoms with Crippen LogP contribution in [0.4, 0.5) is 0 Å². The number of ether oxygens (including phenoxy) is 3. The largest absolute Gasteiger partial charge is 0.479 e. The molecule has 0 saturated carbocycles. The number of thioether (sulfide) groups is 1.